The largest absolute Gasteiger partial charge is 0.508 e. The van der Waals surface area contributed by atoms with E-state index in [1.807, 2.05) is 24.3 Å². The lowest BCUT2D eigenvalue weighted by atomic mass is 10.00. The molecule has 6 heteroatoms. The van der Waals surface area contributed by atoms with Crippen LogP contribution in [0.3, 0.4) is 0 Å². The van der Waals surface area contributed by atoms with Crippen molar-refractivity contribution >= 4 is 6.09 Å². The number of phenols is 1. The number of carbonyl (C=O) groups is 1. The molecule has 0 spiro atoms. The van der Waals surface area contributed by atoms with Crippen molar-refractivity contribution in [3.8, 4) is 23.0 Å². The number of hydrogen-bond acceptors (Lipinski definition) is 4. The van der Waals surface area contributed by atoms with E-state index in [9.17, 15) is 9.90 Å². The number of amides is 1. The van der Waals surface area contributed by atoms with E-state index in [0.717, 1.165) is 50.2 Å². The molecular formula is C34H53NO5. The lowest BCUT2D eigenvalue weighted by molar-refractivity contribution is 0.187. The SMILES string of the molecule is CCCCCCCCCC(CCCCCCCCCCCOc1ccc(Oc2ccc(O)cc2)cc1)NC(=O)O. The van der Waals surface area contributed by atoms with Crippen molar-refractivity contribution in [1.82, 2.24) is 5.32 Å². The summed E-state index contributed by atoms with van der Waals surface area (Å²) in [6.07, 6.45) is 20.8. The first-order chi connectivity index (χ1) is 19.6. The zero-order valence-electron chi connectivity index (χ0n) is 24.8. The summed E-state index contributed by atoms with van der Waals surface area (Å²) >= 11 is 0. The number of unbranched alkanes of at least 4 members (excludes halogenated alkanes) is 14. The summed E-state index contributed by atoms with van der Waals surface area (Å²) in [7, 11) is 0. The molecule has 1 atom stereocenters. The molecule has 0 aliphatic carbocycles. The van der Waals surface area contributed by atoms with Gasteiger partial charge < -0.3 is 25.0 Å². The lowest BCUT2D eigenvalue weighted by Crippen LogP contribution is -2.33. The van der Waals surface area contributed by atoms with E-state index >= 15 is 0 Å². The van der Waals surface area contributed by atoms with Gasteiger partial charge in [-0.15, -0.1) is 0 Å². The summed E-state index contributed by atoms with van der Waals surface area (Å²) in [6, 6.07) is 14.4. The molecule has 224 valence electrons. The van der Waals surface area contributed by atoms with Gasteiger partial charge in [0.2, 0.25) is 0 Å². The van der Waals surface area contributed by atoms with Gasteiger partial charge in [0.1, 0.15) is 23.0 Å². The van der Waals surface area contributed by atoms with Gasteiger partial charge >= 0.3 is 6.09 Å². The molecule has 0 aromatic heterocycles. The molecule has 0 saturated heterocycles. The fourth-order valence-electron chi connectivity index (χ4n) is 4.99. The Kier molecular flexibility index (Phi) is 18.2. The number of rotatable bonds is 24. The summed E-state index contributed by atoms with van der Waals surface area (Å²) in [5.74, 6) is 2.49. The Labute approximate surface area is 242 Å². The molecule has 0 radical (unpaired) electrons. The smallest absolute Gasteiger partial charge is 0.404 e. The molecule has 1 unspecified atom stereocenters. The number of carboxylic acid groups (broad SMARTS) is 1. The fraction of sp³-hybridized carbons (Fsp3) is 0.618. The molecule has 2 aromatic rings. The van der Waals surface area contributed by atoms with Crippen LogP contribution in [-0.2, 0) is 0 Å². The average Bonchev–Trinajstić information content (AvgIpc) is 2.94. The maximum Gasteiger partial charge on any atom is 0.404 e. The van der Waals surface area contributed by atoms with Gasteiger partial charge in [0.05, 0.1) is 6.61 Å². The van der Waals surface area contributed by atoms with E-state index in [4.69, 9.17) is 14.6 Å². The standard InChI is InChI=1S/C34H53NO5/c1-2-3-4-5-9-12-15-18-29(35-34(37)38)19-16-13-10-7-6-8-11-14-17-28-39-31-24-26-33(27-25-31)40-32-22-20-30(36)21-23-32/h20-27,29,35-36H,2-19,28H2,1H3,(H,37,38). The molecular weight excluding hydrogens is 502 g/mol. The highest BCUT2D eigenvalue weighted by atomic mass is 16.5. The summed E-state index contributed by atoms with van der Waals surface area (Å²) in [5.41, 5.74) is 0. The highest BCUT2D eigenvalue weighted by Gasteiger charge is 2.11. The van der Waals surface area contributed by atoms with Gasteiger partial charge in [0.25, 0.3) is 0 Å². The number of nitrogens with one attached hydrogen (secondary N) is 1. The zero-order chi connectivity index (χ0) is 28.7. The van der Waals surface area contributed by atoms with Gasteiger partial charge in [-0.3, -0.25) is 0 Å². The first kappa shape index (κ1) is 33.3. The first-order valence-electron chi connectivity index (χ1n) is 15.8. The quantitative estimate of drug-likeness (QED) is 0.112. The summed E-state index contributed by atoms with van der Waals surface area (Å²) in [4.78, 5) is 11.1. The van der Waals surface area contributed by atoms with Crippen LogP contribution in [0.15, 0.2) is 48.5 Å². The number of phenolic OH excluding ortho intramolecular Hbond substituents is 1. The summed E-state index contributed by atoms with van der Waals surface area (Å²) < 4.78 is 11.6. The maximum absolute atomic E-state index is 11.1. The van der Waals surface area contributed by atoms with E-state index in [2.05, 4.69) is 12.2 Å². The van der Waals surface area contributed by atoms with Gasteiger partial charge in [-0.1, -0.05) is 103 Å². The van der Waals surface area contributed by atoms with Crippen molar-refractivity contribution in [3.63, 3.8) is 0 Å². The summed E-state index contributed by atoms with van der Waals surface area (Å²) in [6.45, 7) is 2.96. The van der Waals surface area contributed by atoms with Gasteiger partial charge in [0, 0.05) is 6.04 Å². The minimum Gasteiger partial charge on any atom is -0.508 e. The Morgan fingerprint density at radius 3 is 1.57 bits per heavy atom. The normalized spacial score (nSPS) is 11.7. The molecule has 3 N–H and O–H groups in total. The Bertz CT molecular complexity index is 884. The molecule has 40 heavy (non-hydrogen) atoms. The van der Waals surface area contributed by atoms with Crippen LogP contribution in [0.5, 0.6) is 23.0 Å². The van der Waals surface area contributed by atoms with Gasteiger partial charge in [-0.2, -0.15) is 0 Å². The third-order valence-corrected chi connectivity index (χ3v) is 7.35. The van der Waals surface area contributed by atoms with Crippen LogP contribution in [0.2, 0.25) is 0 Å². The molecule has 0 bridgehead atoms. The van der Waals surface area contributed by atoms with E-state index in [0.29, 0.717) is 5.75 Å². The van der Waals surface area contributed by atoms with E-state index in [1.165, 1.54) is 83.5 Å². The van der Waals surface area contributed by atoms with Crippen LogP contribution in [0.4, 0.5) is 4.79 Å². The minimum absolute atomic E-state index is 0.118. The van der Waals surface area contributed by atoms with Crippen molar-refractivity contribution in [1.29, 1.82) is 0 Å². The number of aromatic hydroxyl groups is 1. The predicted molar refractivity (Wildman–Crippen MR) is 164 cm³/mol. The highest BCUT2D eigenvalue weighted by Crippen LogP contribution is 2.25. The molecule has 0 fully saturated rings. The van der Waals surface area contributed by atoms with Gasteiger partial charge in [-0.25, -0.2) is 4.79 Å². The van der Waals surface area contributed by atoms with E-state index in [-0.39, 0.29) is 11.8 Å². The van der Waals surface area contributed by atoms with Crippen molar-refractivity contribution in [2.75, 3.05) is 6.61 Å². The third-order valence-electron chi connectivity index (χ3n) is 7.35. The highest BCUT2D eigenvalue weighted by molar-refractivity contribution is 5.64. The second-order valence-electron chi connectivity index (χ2n) is 10.9. The van der Waals surface area contributed by atoms with E-state index in [1.54, 1.807) is 24.3 Å². The van der Waals surface area contributed by atoms with Crippen molar-refractivity contribution in [2.24, 2.45) is 0 Å². The second kappa shape index (κ2) is 21.9. The van der Waals surface area contributed by atoms with Crippen LogP contribution in [0, 0.1) is 0 Å². The number of hydrogen-bond donors (Lipinski definition) is 3. The third kappa shape index (κ3) is 16.9. The van der Waals surface area contributed by atoms with Crippen molar-refractivity contribution in [3.05, 3.63) is 48.5 Å². The van der Waals surface area contributed by atoms with Gasteiger partial charge in [-0.05, 0) is 67.8 Å². The Morgan fingerprint density at radius 2 is 1.07 bits per heavy atom. The summed E-state index contributed by atoms with van der Waals surface area (Å²) in [5, 5.41) is 21.3. The van der Waals surface area contributed by atoms with Crippen LogP contribution >= 0.6 is 0 Å². The number of benzene rings is 2. The second-order valence-corrected chi connectivity index (χ2v) is 10.9. The minimum atomic E-state index is -0.882. The number of ether oxygens (including phenoxy) is 2. The molecule has 2 aromatic carbocycles. The molecule has 2 rings (SSSR count). The monoisotopic (exact) mass is 555 g/mol. The van der Waals surface area contributed by atoms with Crippen molar-refractivity contribution < 1.29 is 24.5 Å². The lowest BCUT2D eigenvalue weighted by Gasteiger charge is -2.16. The van der Waals surface area contributed by atoms with Crippen LogP contribution < -0.4 is 14.8 Å². The first-order valence-corrected chi connectivity index (χ1v) is 15.8. The Hall–Kier alpha value is -2.89. The topological polar surface area (TPSA) is 88.0 Å². The van der Waals surface area contributed by atoms with Crippen LogP contribution in [0.1, 0.15) is 122 Å². The molecule has 0 saturated carbocycles. The van der Waals surface area contributed by atoms with Crippen molar-refractivity contribution in [2.45, 2.75) is 129 Å². The average molecular weight is 556 g/mol. The zero-order valence-corrected chi connectivity index (χ0v) is 24.8. The van der Waals surface area contributed by atoms with E-state index < -0.39 is 6.09 Å². The Morgan fingerprint density at radius 1 is 0.650 bits per heavy atom. The maximum atomic E-state index is 11.1. The molecule has 1 amide bonds. The molecule has 0 aliphatic heterocycles. The van der Waals surface area contributed by atoms with Crippen LogP contribution in [0.25, 0.3) is 0 Å². The molecule has 6 nitrogen and oxygen atoms in total. The molecule has 0 heterocycles. The predicted octanol–water partition coefficient (Wildman–Crippen LogP) is 10.2. The van der Waals surface area contributed by atoms with Gasteiger partial charge in [0.15, 0.2) is 0 Å². The molecule has 0 aliphatic rings. The Balaban J connectivity index is 1.41. The fourth-order valence-corrected chi connectivity index (χ4v) is 4.99. The van der Waals surface area contributed by atoms with Crippen LogP contribution in [-0.4, -0.2) is 29.0 Å².